The largest absolute Gasteiger partial charge is 0.307 e. The van der Waals surface area contributed by atoms with E-state index < -0.39 is 5.91 Å². The van der Waals surface area contributed by atoms with Crippen molar-refractivity contribution in [2.75, 3.05) is 0 Å². The van der Waals surface area contributed by atoms with Crippen LogP contribution in [0.25, 0.3) is 10.2 Å². The highest BCUT2D eigenvalue weighted by Crippen LogP contribution is 2.33. The van der Waals surface area contributed by atoms with Crippen LogP contribution in [0.1, 0.15) is 39.5 Å². The summed E-state index contributed by atoms with van der Waals surface area (Å²) in [6.45, 7) is 0. The van der Waals surface area contributed by atoms with Crippen LogP contribution in [0.4, 0.5) is 0 Å². The summed E-state index contributed by atoms with van der Waals surface area (Å²) in [5.41, 5.74) is 3.87. The molecule has 0 aliphatic heterocycles. The molecule has 0 saturated heterocycles. The molecule has 0 fully saturated rings. The van der Waals surface area contributed by atoms with Gasteiger partial charge < -0.3 is 4.98 Å². The summed E-state index contributed by atoms with van der Waals surface area (Å²) in [7, 11) is 0. The van der Waals surface area contributed by atoms with Crippen molar-refractivity contribution in [2.24, 2.45) is 5.10 Å². The molecule has 26 heavy (non-hydrogen) atoms. The third kappa shape index (κ3) is 3.15. The van der Waals surface area contributed by atoms with Crippen molar-refractivity contribution in [3.05, 3.63) is 61.5 Å². The van der Waals surface area contributed by atoms with Crippen LogP contribution in [0.3, 0.4) is 0 Å². The number of aromatic amines is 1. The van der Waals surface area contributed by atoms with Gasteiger partial charge in [0.15, 0.2) is 0 Å². The minimum atomic E-state index is -0.571. The Hall–Kier alpha value is -2.51. The molecule has 0 spiro atoms. The van der Waals surface area contributed by atoms with E-state index in [-0.39, 0.29) is 11.4 Å². The van der Waals surface area contributed by atoms with Crippen molar-refractivity contribution in [2.45, 2.75) is 25.7 Å². The maximum absolute atomic E-state index is 12.5. The first-order valence-electron chi connectivity index (χ1n) is 8.26. The number of aryl methyl sites for hydroxylation is 2. The van der Waals surface area contributed by atoms with Crippen molar-refractivity contribution in [3.8, 4) is 0 Å². The fourth-order valence-electron chi connectivity index (χ4n) is 3.06. The predicted molar refractivity (Wildman–Crippen MR) is 103 cm³/mol. The number of carbonyl (C=O) groups is 1. The van der Waals surface area contributed by atoms with Crippen LogP contribution in [-0.4, -0.2) is 22.1 Å². The topological polar surface area (TPSA) is 87.2 Å². The smallest absolute Gasteiger partial charge is 0.302 e. The van der Waals surface area contributed by atoms with E-state index in [2.05, 4.69) is 20.5 Å². The van der Waals surface area contributed by atoms with Gasteiger partial charge in [0.2, 0.25) is 5.82 Å². The summed E-state index contributed by atoms with van der Waals surface area (Å²) in [4.78, 5) is 33.5. The van der Waals surface area contributed by atoms with E-state index in [1.807, 2.05) is 12.1 Å². The van der Waals surface area contributed by atoms with Crippen LogP contribution in [0.5, 0.6) is 0 Å². The zero-order chi connectivity index (χ0) is 18.1. The summed E-state index contributed by atoms with van der Waals surface area (Å²) in [6, 6.07) is 7.14. The summed E-state index contributed by atoms with van der Waals surface area (Å²) >= 11 is 7.53. The molecule has 4 rings (SSSR count). The lowest BCUT2D eigenvalue weighted by molar-refractivity contribution is 0.0945. The molecule has 2 heterocycles. The Bertz CT molecular complexity index is 1090. The van der Waals surface area contributed by atoms with Gasteiger partial charge in [0.1, 0.15) is 4.83 Å². The molecule has 3 aromatic rings. The van der Waals surface area contributed by atoms with Gasteiger partial charge in [-0.1, -0.05) is 29.8 Å². The number of hydrogen-bond donors (Lipinski definition) is 2. The molecule has 132 valence electrons. The van der Waals surface area contributed by atoms with Gasteiger partial charge in [0.05, 0.1) is 11.6 Å². The summed E-state index contributed by atoms with van der Waals surface area (Å²) < 4.78 is 0. The molecule has 2 aromatic heterocycles. The number of rotatable bonds is 3. The van der Waals surface area contributed by atoms with Crippen LogP contribution >= 0.6 is 22.9 Å². The second-order valence-corrected chi connectivity index (χ2v) is 7.52. The Morgan fingerprint density at radius 2 is 2.12 bits per heavy atom. The van der Waals surface area contributed by atoms with Crippen LogP contribution in [0.2, 0.25) is 5.02 Å². The van der Waals surface area contributed by atoms with E-state index in [1.54, 1.807) is 12.1 Å². The molecule has 6 nitrogen and oxygen atoms in total. The molecule has 1 aliphatic rings. The first-order valence-corrected chi connectivity index (χ1v) is 9.45. The van der Waals surface area contributed by atoms with E-state index in [0.29, 0.717) is 20.8 Å². The fraction of sp³-hybridized carbons (Fsp3) is 0.222. The van der Waals surface area contributed by atoms with Crippen molar-refractivity contribution in [1.82, 2.24) is 15.4 Å². The number of amides is 1. The quantitative estimate of drug-likeness (QED) is 0.535. The molecular formula is C18H15ClN4O2S. The fourth-order valence-corrected chi connectivity index (χ4v) is 4.51. The second kappa shape index (κ2) is 7.01. The van der Waals surface area contributed by atoms with Crippen LogP contribution in [0, 0.1) is 0 Å². The van der Waals surface area contributed by atoms with Crippen molar-refractivity contribution in [3.63, 3.8) is 0 Å². The van der Waals surface area contributed by atoms with Gasteiger partial charge in [-0.25, -0.2) is 10.4 Å². The van der Waals surface area contributed by atoms with Gasteiger partial charge in [-0.05, 0) is 37.3 Å². The molecule has 0 radical (unpaired) electrons. The number of nitrogens with zero attached hydrogens (tertiary/aromatic N) is 2. The van der Waals surface area contributed by atoms with E-state index >= 15 is 0 Å². The molecule has 8 heteroatoms. The molecule has 1 aromatic carbocycles. The lowest BCUT2D eigenvalue weighted by Crippen LogP contribution is -2.24. The second-order valence-electron chi connectivity index (χ2n) is 6.03. The number of hydrazone groups is 1. The van der Waals surface area contributed by atoms with Crippen molar-refractivity contribution in [1.29, 1.82) is 0 Å². The molecule has 0 bridgehead atoms. The number of hydrogen-bond acceptors (Lipinski definition) is 5. The minimum Gasteiger partial charge on any atom is -0.302 e. The van der Waals surface area contributed by atoms with E-state index in [1.165, 1.54) is 22.4 Å². The zero-order valence-electron chi connectivity index (χ0n) is 13.7. The average molecular weight is 387 g/mol. The summed E-state index contributed by atoms with van der Waals surface area (Å²) in [5.74, 6) is -0.615. The lowest BCUT2D eigenvalue weighted by atomic mass is 9.97. The maximum Gasteiger partial charge on any atom is 0.307 e. The van der Waals surface area contributed by atoms with Crippen LogP contribution < -0.4 is 11.0 Å². The Labute approximate surface area is 157 Å². The monoisotopic (exact) mass is 386 g/mol. The highest BCUT2D eigenvalue weighted by atomic mass is 35.5. The van der Waals surface area contributed by atoms with Crippen LogP contribution in [0.15, 0.2) is 34.2 Å². The van der Waals surface area contributed by atoms with Crippen molar-refractivity contribution < 1.29 is 4.79 Å². The van der Waals surface area contributed by atoms with E-state index in [0.717, 1.165) is 31.2 Å². The van der Waals surface area contributed by atoms with E-state index in [4.69, 9.17) is 11.6 Å². The number of halogens is 1. The molecule has 2 N–H and O–H groups in total. The predicted octanol–water partition coefficient (Wildman–Crippen LogP) is 3.28. The Morgan fingerprint density at radius 1 is 1.31 bits per heavy atom. The first-order chi connectivity index (χ1) is 12.6. The number of carbonyl (C=O) groups excluding carboxylic acids is 1. The number of H-pyrrole nitrogens is 1. The number of fused-ring (bicyclic) bond motifs is 3. The van der Waals surface area contributed by atoms with Gasteiger partial charge in [-0.3, -0.25) is 9.59 Å². The molecular weight excluding hydrogens is 372 g/mol. The number of benzene rings is 1. The normalized spacial score (nSPS) is 13.9. The standard InChI is InChI=1S/C18H15ClN4O2S/c19-12-7-3-1-5-10(12)9-20-23-17(25)15-21-16(24)14-11-6-2-4-8-13(11)26-18(14)22-15/h1,3,5,7,9H,2,4,6,8H2,(H,23,25)(H,21,22,24). The SMILES string of the molecule is O=C(NN=Cc1ccccc1Cl)c1nc2sc3c(c2c(=O)[nH]1)CCCC3. The number of aromatic nitrogens is 2. The highest BCUT2D eigenvalue weighted by Gasteiger charge is 2.21. The van der Waals surface area contributed by atoms with Gasteiger partial charge in [-0.15, -0.1) is 11.3 Å². The van der Waals surface area contributed by atoms with Gasteiger partial charge in [0.25, 0.3) is 5.56 Å². The Morgan fingerprint density at radius 3 is 2.96 bits per heavy atom. The van der Waals surface area contributed by atoms with Crippen LogP contribution in [-0.2, 0) is 12.8 Å². The van der Waals surface area contributed by atoms with Gasteiger partial charge in [0, 0.05) is 15.5 Å². The zero-order valence-corrected chi connectivity index (χ0v) is 15.3. The molecule has 0 saturated carbocycles. The Balaban J connectivity index is 1.59. The summed E-state index contributed by atoms with van der Waals surface area (Å²) in [5, 5.41) is 5.04. The molecule has 0 atom stereocenters. The van der Waals surface area contributed by atoms with Gasteiger partial charge in [-0.2, -0.15) is 5.10 Å². The third-order valence-corrected chi connectivity index (χ3v) is 5.84. The average Bonchev–Trinajstić information content (AvgIpc) is 3.02. The third-order valence-electron chi connectivity index (χ3n) is 4.32. The first kappa shape index (κ1) is 16.9. The Kier molecular flexibility index (Phi) is 4.57. The number of nitrogens with one attached hydrogen (secondary N) is 2. The lowest BCUT2D eigenvalue weighted by Gasteiger charge is -2.09. The molecule has 1 aliphatic carbocycles. The number of thiophene rings is 1. The molecule has 0 unspecified atom stereocenters. The summed E-state index contributed by atoms with van der Waals surface area (Å²) in [6.07, 6.45) is 5.52. The highest BCUT2D eigenvalue weighted by molar-refractivity contribution is 7.18. The molecule has 1 amide bonds. The van der Waals surface area contributed by atoms with Gasteiger partial charge >= 0.3 is 5.91 Å². The van der Waals surface area contributed by atoms with E-state index in [9.17, 15) is 9.59 Å². The minimum absolute atomic E-state index is 0.0441. The van der Waals surface area contributed by atoms with Crippen molar-refractivity contribution >= 4 is 45.3 Å². The maximum atomic E-state index is 12.5.